The van der Waals surface area contributed by atoms with Gasteiger partial charge in [-0.25, -0.2) is 9.18 Å². The van der Waals surface area contributed by atoms with Crippen LogP contribution in [0.25, 0.3) is 0 Å². The highest BCUT2D eigenvalue weighted by Crippen LogP contribution is 2.16. The Morgan fingerprint density at radius 3 is 2.75 bits per heavy atom. The van der Waals surface area contributed by atoms with Crippen molar-refractivity contribution in [3.63, 3.8) is 0 Å². The molecular formula is C10H6BrFN4O4. The molecule has 1 heterocycles. The van der Waals surface area contributed by atoms with Gasteiger partial charge in [0.15, 0.2) is 0 Å². The average Bonchev–Trinajstić information content (AvgIpc) is 2.71. The first-order valence-corrected chi connectivity index (χ1v) is 5.94. The summed E-state index contributed by atoms with van der Waals surface area (Å²) in [7, 11) is 0. The summed E-state index contributed by atoms with van der Waals surface area (Å²) in [5.74, 6) is -2.84. The minimum absolute atomic E-state index is 0.0121. The Bertz CT molecular complexity index is 703. The van der Waals surface area contributed by atoms with Gasteiger partial charge in [0.05, 0.1) is 12.1 Å². The van der Waals surface area contributed by atoms with Crippen LogP contribution in [0.1, 0.15) is 15.9 Å². The van der Waals surface area contributed by atoms with E-state index in [1.165, 1.54) is 6.07 Å². The fraction of sp³-hybridized carbons (Fsp3) is 0.100. The Morgan fingerprint density at radius 2 is 2.25 bits per heavy atom. The van der Waals surface area contributed by atoms with Crippen molar-refractivity contribution in [2.45, 2.75) is 6.54 Å². The molecule has 0 spiro atoms. The highest BCUT2D eigenvalue weighted by Gasteiger charge is 2.20. The third-order valence-corrected chi connectivity index (χ3v) is 2.96. The van der Waals surface area contributed by atoms with Crippen LogP contribution in [-0.2, 0) is 6.54 Å². The number of aromatic carboxylic acids is 1. The zero-order valence-corrected chi connectivity index (χ0v) is 11.2. The highest BCUT2D eigenvalue weighted by molar-refractivity contribution is 9.10. The van der Waals surface area contributed by atoms with E-state index in [1.54, 1.807) is 0 Å². The highest BCUT2D eigenvalue weighted by atomic mass is 79.9. The number of carboxylic acids is 1. The van der Waals surface area contributed by atoms with Crippen LogP contribution in [-0.4, -0.2) is 30.8 Å². The summed E-state index contributed by atoms with van der Waals surface area (Å²) in [4.78, 5) is 24.0. The third kappa shape index (κ3) is 2.79. The van der Waals surface area contributed by atoms with Gasteiger partial charge in [0.2, 0.25) is 0 Å². The Hall–Kier alpha value is -2.36. The zero-order chi connectivity index (χ0) is 14.9. The van der Waals surface area contributed by atoms with Crippen LogP contribution in [0.3, 0.4) is 0 Å². The monoisotopic (exact) mass is 344 g/mol. The van der Waals surface area contributed by atoms with Crippen LogP contribution in [0.2, 0.25) is 0 Å². The number of hydrogen-bond donors (Lipinski definition) is 1. The molecular weight excluding hydrogens is 339 g/mol. The van der Waals surface area contributed by atoms with E-state index < -0.39 is 28.2 Å². The topological polar surface area (TPSA) is 111 Å². The van der Waals surface area contributed by atoms with Crippen LogP contribution in [0, 0.1) is 15.9 Å². The van der Waals surface area contributed by atoms with Gasteiger partial charge in [-0.3, -0.25) is 0 Å². The smallest absolute Gasteiger partial charge is 0.478 e. The molecule has 8 nitrogen and oxygen atoms in total. The number of rotatable bonds is 4. The maximum absolute atomic E-state index is 13.5. The average molecular weight is 345 g/mol. The first-order chi connectivity index (χ1) is 9.38. The summed E-state index contributed by atoms with van der Waals surface area (Å²) >= 11 is 3.00. The van der Waals surface area contributed by atoms with Gasteiger partial charge in [0.25, 0.3) is 4.73 Å². The summed E-state index contributed by atoms with van der Waals surface area (Å²) in [6, 6.07) is 3.54. The number of hydrogen-bond acceptors (Lipinski definition) is 5. The van der Waals surface area contributed by atoms with Gasteiger partial charge in [-0.05, 0) is 27.6 Å². The molecule has 0 saturated carbocycles. The molecule has 0 amide bonds. The normalized spacial score (nSPS) is 10.5. The molecule has 1 aromatic carbocycles. The van der Waals surface area contributed by atoms with Crippen molar-refractivity contribution >= 4 is 27.8 Å². The minimum Gasteiger partial charge on any atom is -0.478 e. The predicted molar refractivity (Wildman–Crippen MR) is 66.8 cm³/mol. The second-order valence-electron chi connectivity index (χ2n) is 3.71. The Kier molecular flexibility index (Phi) is 3.74. The van der Waals surface area contributed by atoms with Gasteiger partial charge >= 0.3 is 11.9 Å². The van der Waals surface area contributed by atoms with E-state index in [0.717, 1.165) is 16.8 Å². The zero-order valence-electron chi connectivity index (χ0n) is 9.66. The largest absolute Gasteiger partial charge is 0.492 e. The quantitative estimate of drug-likeness (QED) is 0.668. The standard InChI is InChI=1S/C10H6BrFN4O4/c11-9-13-10(16(19)20)14-15(9)4-5-1-2-6(8(17)18)7(12)3-5/h1-3H,4H2,(H,17,18). The van der Waals surface area contributed by atoms with Crippen LogP contribution >= 0.6 is 15.9 Å². The summed E-state index contributed by atoms with van der Waals surface area (Å²) in [5.41, 5.74) is -0.0506. The first kappa shape index (κ1) is 14.1. The number of halogens is 2. The second kappa shape index (κ2) is 5.33. The van der Waals surface area contributed by atoms with Crippen molar-refractivity contribution in [3.8, 4) is 0 Å². The summed E-state index contributed by atoms with van der Waals surface area (Å²) < 4.78 is 14.8. The molecule has 104 valence electrons. The van der Waals surface area contributed by atoms with Gasteiger partial charge < -0.3 is 15.2 Å². The summed E-state index contributed by atoms with van der Waals surface area (Å²) in [5, 5.41) is 22.8. The number of nitrogens with zero attached hydrogens (tertiary/aromatic N) is 4. The van der Waals surface area contributed by atoms with E-state index in [4.69, 9.17) is 5.11 Å². The van der Waals surface area contributed by atoms with Crippen LogP contribution in [0.15, 0.2) is 22.9 Å². The number of benzene rings is 1. The predicted octanol–water partition coefficient (Wildman–Crippen LogP) is 1.83. The molecule has 20 heavy (non-hydrogen) atoms. The van der Waals surface area contributed by atoms with Crippen LogP contribution in [0.5, 0.6) is 0 Å². The van der Waals surface area contributed by atoms with E-state index in [1.807, 2.05) is 0 Å². The van der Waals surface area contributed by atoms with Crippen molar-refractivity contribution in [1.29, 1.82) is 0 Å². The number of carboxylic acid groups (broad SMARTS) is 1. The van der Waals surface area contributed by atoms with Gasteiger partial charge in [0.1, 0.15) is 5.82 Å². The molecule has 0 aliphatic heterocycles. The van der Waals surface area contributed by atoms with E-state index in [-0.39, 0.29) is 11.3 Å². The summed E-state index contributed by atoms with van der Waals surface area (Å²) in [6.07, 6.45) is 0. The van der Waals surface area contributed by atoms with E-state index in [2.05, 4.69) is 26.0 Å². The van der Waals surface area contributed by atoms with E-state index >= 15 is 0 Å². The maximum Gasteiger partial charge on any atom is 0.492 e. The van der Waals surface area contributed by atoms with Crippen molar-refractivity contribution in [3.05, 3.63) is 50.0 Å². The second-order valence-corrected chi connectivity index (χ2v) is 4.42. The molecule has 0 fully saturated rings. The minimum atomic E-state index is -1.37. The molecule has 2 aromatic rings. The summed E-state index contributed by atoms with van der Waals surface area (Å²) in [6.45, 7) is 0.0121. The first-order valence-electron chi connectivity index (χ1n) is 5.15. The lowest BCUT2D eigenvalue weighted by molar-refractivity contribution is -0.394. The van der Waals surface area contributed by atoms with Gasteiger partial charge in [-0.15, -0.1) is 0 Å². The lowest BCUT2D eigenvalue weighted by atomic mass is 10.1. The van der Waals surface area contributed by atoms with Crippen molar-refractivity contribution in [1.82, 2.24) is 14.8 Å². The Morgan fingerprint density at radius 1 is 1.55 bits per heavy atom. The van der Waals surface area contributed by atoms with E-state index in [0.29, 0.717) is 5.56 Å². The molecule has 0 atom stereocenters. The van der Waals surface area contributed by atoms with Crippen LogP contribution in [0.4, 0.5) is 10.3 Å². The molecule has 10 heteroatoms. The van der Waals surface area contributed by atoms with E-state index in [9.17, 15) is 19.3 Å². The van der Waals surface area contributed by atoms with Gasteiger partial charge in [0, 0.05) is 21.0 Å². The Labute approximate surface area is 119 Å². The molecule has 0 aliphatic carbocycles. The fourth-order valence-corrected chi connectivity index (χ4v) is 1.86. The van der Waals surface area contributed by atoms with Crippen molar-refractivity contribution in [2.24, 2.45) is 0 Å². The number of nitro groups is 1. The lowest BCUT2D eigenvalue weighted by Gasteiger charge is -2.02. The maximum atomic E-state index is 13.5. The Balaban J connectivity index is 2.28. The van der Waals surface area contributed by atoms with Crippen molar-refractivity contribution < 1.29 is 19.2 Å². The third-order valence-electron chi connectivity index (χ3n) is 2.37. The molecule has 0 saturated heterocycles. The number of aromatic nitrogens is 3. The molecule has 0 bridgehead atoms. The molecule has 0 unspecified atom stereocenters. The molecule has 1 aromatic heterocycles. The van der Waals surface area contributed by atoms with Crippen molar-refractivity contribution in [2.75, 3.05) is 0 Å². The van der Waals surface area contributed by atoms with Gasteiger partial charge in [-0.2, -0.15) is 4.68 Å². The molecule has 0 radical (unpaired) electrons. The molecule has 2 rings (SSSR count). The van der Waals surface area contributed by atoms with Crippen LogP contribution < -0.4 is 0 Å². The SMILES string of the molecule is O=C(O)c1ccc(Cn2nc([N+](=O)[O-])nc2Br)cc1F. The van der Waals surface area contributed by atoms with Gasteiger partial charge in [-0.1, -0.05) is 6.07 Å². The molecule has 0 aliphatic rings. The number of carbonyl (C=O) groups is 1. The fourth-order valence-electron chi connectivity index (χ4n) is 1.49. The lowest BCUT2D eigenvalue weighted by Crippen LogP contribution is -2.06. The molecule has 1 N–H and O–H groups in total.